The summed E-state index contributed by atoms with van der Waals surface area (Å²) in [5.74, 6) is 2.28. The number of para-hydroxylation sites is 1. The molecule has 1 atom stereocenters. The maximum Gasteiger partial charge on any atom is 0.323 e. The molecule has 0 fully saturated rings. The fourth-order valence-corrected chi connectivity index (χ4v) is 5.55. The summed E-state index contributed by atoms with van der Waals surface area (Å²) in [6.07, 6.45) is 2.04. The number of aryl methyl sites for hydroxylation is 2. The van der Waals surface area contributed by atoms with E-state index < -0.39 is 6.04 Å². The molecule has 0 spiro atoms. The Bertz CT molecular complexity index is 1710. The smallest absolute Gasteiger partial charge is 0.323 e. The van der Waals surface area contributed by atoms with Gasteiger partial charge in [-0.15, -0.1) is 0 Å². The van der Waals surface area contributed by atoms with E-state index in [0.717, 1.165) is 45.3 Å². The molecule has 5 aromatic rings. The van der Waals surface area contributed by atoms with Crippen LogP contribution in [0.2, 0.25) is 0 Å². The summed E-state index contributed by atoms with van der Waals surface area (Å²) in [5.41, 5.74) is 6.32. The van der Waals surface area contributed by atoms with Crippen LogP contribution in [0.1, 0.15) is 41.0 Å². The minimum atomic E-state index is -0.405. The highest BCUT2D eigenvalue weighted by atomic mass is 16.5. The number of amides is 2. The Balaban J connectivity index is 1.53. The standard InChI is InChI=1S/C33H33N5O3/c1-5-41-26-14-9-11-24(20-26)31-29-15-10-18-36(29)32-27(23(3)35-38(32)25-12-7-6-8-13-25)21-37(31)33(39)34-28-19-22(2)16-17-30(28)40-4/h6-20,31H,5,21H2,1-4H3,(H,34,39)/t31-/m1/s1. The van der Waals surface area contributed by atoms with E-state index in [1.807, 2.05) is 115 Å². The van der Waals surface area contributed by atoms with Gasteiger partial charge in [0.05, 0.1) is 49.1 Å². The minimum Gasteiger partial charge on any atom is -0.495 e. The van der Waals surface area contributed by atoms with Gasteiger partial charge in [-0.25, -0.2) is 9.48 Å². The van der Waals surface area contributed by atoms with Crippen LogP contribution in [0.5, 0.6) is 11.5 Å². The molecule has 3 heterocycles. The number of ether oxygens (including phenoxy) is 2. The van der Waals surface area contributed by atoms with Crippen LogP contribution in [-0.4, -0.2) is 39.0 Å². The Morgan fingerprint density at radius 2 is 1.83 bits per heavy atom. The average Bonchev–Trinajstić information content (AvgIpc) is 3.54. The predicted octanol–water partition coefficient (Wildman–Crippen LogP) is 6.82. The zero-order valence-electron chi connectivity index (χ0n) is 23.7. The Hall–Kier alpha value is -4.98. The second-order valence-corrected chi connectivity index (χ2v) is 10.1. The van der Waals surface area contributed by atoms with Crippen molar-refractivity contribution in [3.63, 3.8) is 0 Å². The third-order valence-corrected chi connectivity index (χ3v) is 7.43. The SMILES string of the molecule is CCOc1cccc([C@@H]2c3cccn3-c3c(c(C)nn3-c3ccccc3)CN2C(=O)Nc2cc(C)ccc2OC)c1. The lowest BCUT2D eigenvalue weighted by molar-refractivity contribution is 0.194. The van der Waals surface area contributed by atoms with Gasteiger partial charge in [0.15, 0.2) is 0 Å². The second-order valence-electron chi connectivity index (χ2n) is 10.1. The molecule has 8 nitrogen and oxygen atoms in total. The Kier molecular flexibility index (Phi) is 6.97. The number of carbonyl (C=O) groups is 1. The van der Waals surface area contributed by atoms with Crippen LogP contribution in [0.3, 0.4) is 0 Å². The van der Waals surface area contributed by atoms with E-state index in [4.69, 9.17) is 14.6 Å². The number of hydrogen-bond donors (Lipinski definition) is 1. The molecule has 208 valence electrons. The van der Waals surface area contributed by atoms with E-state index in [0.29, 0.717) is 24.6 Å². The first-order chi connectivity index (χ1) is 20.0. The molecule has 1 aliphatic rings. The van der Waals surface area contributed by atoms with Crippen LogP contribution in [0.4, 0.5) is 10.5 Å². The van der Waals surface area contributed by atoms with Gasteiger partial charge in [0.1, 0.15) is 17.3 Å². The third kappa shape index (κ3) is 4.82. The summed E-state index contributed by atoms with van der Waals surface area (Å²) >= 11 is 0. The Labute approximate surface area is 239 Å². The van der Waals surface area contributed by atoms with E-state index in [9.17, 15) is 4.79 Å². The van der Waals surface area contributed by atoms with Gasteiger partial charge in [0, 0.05) is 11.8 Å². The lowest BCUT2D eigenvalue weighted by Gasteiger charge is -2.31. The topological polar surface area (TPSA) is 73.5 Å². The van der Waals surface area contributed by atoms with Gasteiger partial charge in [0.25, 0.3) is 0 Å². The molecule has 1 N–H and O–H groups in total. The molecule has 0 aliphatic carbocycles. The maximum absolute atomic E-state index is 14.3. The van der Waals surface area contributed by atoms with Gasteiger partial charge < -0.3 is 24.3 Å². The molecule has 0 saturated heterocycles. The van der Waals surface area contributed by atoms with E-state index in [-0.39, 0.29) is 6.03 Å². The first-order valence-corrected chi connectivity index (χ1v) is 13.7. The van der Waals surface area contributed by atoms with Crippen LogP contribution in [0.25, 0.3) is 11.5 Å². The molecule has 0 radical (unpaired) electrons. The van der Waals surface area contributed by atoms with E-state index in [2.05, 4.69) is 16.0 Å². The molecular formula is C33H33N5O3. The molecule has 8 heteroatoms. The van der Waals surface area contributed by atoms with Gasteiger partial charge in [0.2, 0.25) is 0 Å². The normalized spacial score (nSPS) is 14.1. The third-order valence-electron chi connectivity index (χ3n) is 7.43. The summed E-state index contributed by atoms with van der Waals surface area (Å²) in [7, 11) is 1.61. The van der Waals surface area contributed by atoms with Crippen molar-refractivity contribution in [2.45, 2.75) is 33.4 Å². The van der Waals surface area contributed by atoms with Gasteiger partial charge in [-0.05, 0) is 80.4 Å². The summed E-state index contributed by atoms with van der Waals surface area (Å²) < 4.78 is 15.5. The maximum atomic E-state index is 14.3. The monoisotopic (exact) mass is 547 g/mol. The van der Waals surface area contributed by atoms with Crippen molar-refractivity contribution in [3.8, 4) is 23.0 Å². The molecule has 1 aliphatic heterocycles. The number of methoxy groups -OCH3 is 1. The van der Waals surface area contributed by atoms with E-state index in [1.165, 1.54) is 0 Å². The highest BCUT2D eigenvalue weighted by molar-refractivity contribution is 5.92. The second kappa shape index (κ2) is 10.9. The molecule has 6 rings (SSSR count). The number of carbonyl (C=O) groups excluding carboxylic acids is 1. The largest absolute Gasteiger partial charge is 0.495 e. The molecule has 0 saturated carbocycles. The number of rotatable bonds is 6. The number of benzene rings is 3. The van der Waals surface area contributed by atoms with Gasteiger partial charge in [-0.3, -0.25) is 0 Å². The summed E-state index contributed by atoms with van der Waals surface area (Å²) in [4.78, 5) is 16.2. The van der Waals surface area contributed by atoms with E-state index in [1.54, 1.807) is 7.11 Å². The molecule has 0 bridgehead atoms. The Morgan fingerprint density at radius 1 is 1.00 bits per heavy atom. The number of urea groups is 1. The highest BCUT2D eigenvalue weighted by Crippen LogP contribution is 2.40. The number of hydrogen-bond acceptors (Lipinski definition) is 4. The molecule has 41 heavy (non-hydrogen) atoms. The van der Waals surface area contributed by atoms with Crippen LogP contribution in [-0.2, 0) is 6.54 Å². The molecule has 0 unspecified atom stereocenters. The van der Waals surface area contributed by atoms with Crippen molar-refractivity contribution in [3.05, 3.63) is 119 Å². The fourth-order valence-electron chi connectivity index (χ4n) is 5.55. The van der Waals surface area contributed by atoms with E-state index >= 15 is 0 Å². The molecular weight excluding hydrogens is 514 g/mol. The summed E-state index contributed by atoms with van der Waals surface area (Å²) in [5, 5.41) is 8.08. The van der Waals surface area contributed by atoms with Crippen molar-refractivity contribution >= 4 is 11.7 Å². The highest BCUT2D eigenvalue weighted by Gasteiger charge is 2.36. The van der Waals surface area contributed by atoms with Crippen molar-refractivity contribution in [1.82, 2.24) is 19.2 Å². The van der Waals surface area contributed by atoms with Crippen molar-refractivity contribution < 1.29 is 14.3 Å². The number of anilines is 1. The van der Waals surface area contributed by atoms with Crippen LogP contribution >= 0.6 is 0 Å². The average molecular weight is 548 g/mol. The van der Waals surface area contributed by atoms with Crippen LogP contribution in [0.15, 0.2) is 91.1 Å². The summed E-state index contributed by atoms with van der Waals surface area (Å²) in [6.45, 7) is 6.85. The zero-order chi connectivity index (χ0) is 28.5. The number of nitrogens with zero attached hydrogens (tertiary/aromatic N) is 4. The Morgan fingerprint density at radius 3 is 2.61 bits per heavy atom. The predicted molar refractivity (Wildman–Crippen MR) is 159 cm³/mol. The summed E-state index contributed by atoms with van der Waals surface area (Å²) in [6, 6.07) is 27.2. The van der Waals surface area contributed by atoms with Gasteiger partial charge >= 0.3 is 6.03 Å². The lowest BCUT2D eigenvalue weighted by Crippen LogP contribution is -2.38. The van der Waals surface area contributed by atoms with Crippen LogP contribution < -0.4 is 14.8 Å². The molecule has 3 aromatic carbocycles. The first-order valence-electron chi connectivity index (χ1n) is 13.7. The molecule has 2 amide bonds. The first kappa shape index (κ1) is 26.3. The van der Waals surface area contributed by atoms with Gasteiger partial charge in [-0.2, -0.15) is 5.10 Å². The number of fused-ring (bicyclic) bond motifs is 3. The molecule has 2 aromatic heterocycles. The number of aromatic nitrogens is 3. The van der Waals surface area contributed by atoms with Crippen molar-refractivity contribution in [2.24, 2.45) is 0 Å². The van der Waals surface area contributed by atoms with Crippen molar-refractivity contribution in [1.29, 1.82) is 0 Å². The lowest BCUT2D eigenvalue weighted by atomic mass is 10.0. The zero-order valence-corrected chi connectivity index (χ0v) is 23.7. The number of nitrogens with one attached hydrogen (secondary N) is 1. The van der Waals surface area contributed by atoms with Gasteiger partial charge in [-0.1, -0.05) is 36.4 Å². The quantitative estimate of drug-likeness (QED) is 0.253. The fraction of sp³-hybridized carbons (Fsp3) is 0.212. The minimum absolute atomic E-state index is 0.242. The van der Waals surface area contributed by atoms with Crippen LogP contribution in [0, 0.1) is 13.8 Å². The van der Waals surface area contributed by atoms with Crippen molar-refractivity contribution in [2.75, 3.05) is 19.0 Å².